The highest BCUT2D eigenvalue weighted by Gasteiger charge is 2.18. The van der Waals surface area contributed by atoms with Gasteiger partial charge in [-0.2, -0.15) is 0 Å². The number of fused-ring (bicyclic) bond motifs is 1. The summed E-state index contributed by atoms with van der Waals surface area (Å²) in [6, 6.07) is 6.15. The molecular formula is C12H18N2O2. The molecule has 0 amide bonds. The third-order valence-corrected chi connectivity index (χ3v) is 2.76. The van der Waals surface area contributed by atoms with Crippen molar-refractivity contribution in [2.24, 2.45) is 5.73 Å². The van der Waals surface area contributed by atoms with Gasteiger partial charge >= 0.3 is 0 Å². The number of nitrogens with one attached hydrogen (secondary N) is 1. The molecule has 16 heavy (non-hydrogen) atoms. The Labute approximate surface area is 95.7 Å². The summed E-state index contributed by atoms with van der Waals surface area (Å²) in [5.41, 5.74) is 7.05. The molecule has 0 aromatic heterocycles. The molecule has 0 saturated heterocycles. The monoisotopic (exact) mass is 222 g/mol. The quantitative estimate of drug-likeness (QED) is 0.803. The van der Waals surface area contributed by atoms with E-state index >= 15 is 0 Å². The molecule has 2 unspecified atom stereocenters. The Hall–Kier alpha value is -1.26. The van der Waals surface area contributed by atoms with Crippen LogP contribution in [0.3, 0.4) is 0 Å². The topological polar surface area (TPSA) is 56.5 Å². The highest BCUT2D eigenvalue weighted by molar-refractivity contribution is 5.44. The molecule has 2 atom stereocenters. The second-order valence-electron chi connectivity index (χ2n) is 4.03. The Morgan fingerprint density at radius 3 is 2.56 bits per heavy atom. The lowest BCUT2D eigenvalue weighted by atomic mass is 10.0. The van der Waals surface area contributed by atoms with Crippen molar-refractivity contribution in [2.75, 3.05) is 20.3 Å². The number of rotatable bonds is 3. The molecule has 0 fully saturated rings. The molecule has 88 valence electrons. The van der Waals surface area contributed by atoms with Crippen LogP contribution in [0.1, 0.15) is 18.5 Å². The number of ether oxygens (including phenoxy) is 2. The highest BCUT2D eigenvalue weighted by Crippen LogP contribution is 2.32. The van der Waals surface area contributed by atoms with Crippen LogP contribution in [0.5, 0.6) is 11.5 Å². The minimum atomic E-state index is 0.0487. The molecule has 1 aromatic rings. The van der Waals surface area contributed by atoms with E-state index in [1.165, 1.54) is 0 Å². The van der Waals surface area contributed by atoms with Gasteiger partial charge in [-0.05, 0) is 31.7 Å². The fourth-order valence-electron chi connectivity index (χ4n) is 1.99. The summed E-state index contributed by atoms with van der Waals surface area (Å²) >= 11 is 0. The molecule has 1 aliphatic rings. The van der Waals surface area contributed by atoms with Crippen molar-refractivity contribution in [3.05, 3.63) is 23.8 Å². The van der Waals surface area contributed by atoms with Gasteiger partial charge < -0.3 is 20.5 Å². The summed E-state index contributed by atoms with van der Waals surface area (Å²) in [7, 11) is 1.91. The lowest BCUT2D eigenvalue weighted by molar-refractivity contribution is 0.171. The smallest absolute Gasteiger partial charge is 0.161 e. The van der Waals surface area contributed by atoms with E-state index in [-0.39, 0.29) is 12.1 Å². The van der Waals surface area contributed by atoms with Gasteiger partial charge in [-0.3, -0.25) is 0 Å². The van der Waals surface area contributed by atoms with E-state index < -0.39 is 0 Å². The predicted molar refractivity (Wildman–Crippen MR) is 62.9 cm³/mol. The Bertz CT molecular complexity index is 366. The van der Waals surface area contributed by atoms with Crippen molar-refractivity contribution < 1.29 is 9.47 Å². The molecule has 3 N–H and O–H groups in total. The molecule has 1 aliphatic heterocycles. The first-order chi connectivity index (χ1) is 7.72. The van der Waals surface area contributed by atoms with Gasteiger partial charge in [-0.15, -0.1) is 0 Å². The predicted octanol–water partition coefficient (Wildman–Crippen LogP) is 1.07. The Balaban J connectivity index is 2.28. The number of hydrogen-bond acceptors (Lipinski definition) is 4. The van der Waals surface area contributed by atoms with Crippen molar-refractivity contribution in [3.63, 3.8) is 0 Å². The van der Waals surface area contributed by atoms with E-state index in [0.29, 0.717) is 13.2 Å². The van der Waals surface area contributed by atoms with Crippen LogP contribution in [-0.2, 0) is 0 Å². The van der Waals surface area contributed by atoms with E-state index in [9.17, 15) is 0 Å². The Kier molecular flexibility index (Phi) is 3.31. The lowest BCUT2D eigenvalue weighted by Gasteiger charge is -2.24. The van der Waals surface area contributed by atoms with E-state index in [2.05, 4.69) is 5.32 Å². The summed E-state index contributed by atoms with van der Waals surface area (Å²) < 4.78 is 11.0. The fraction of sp³-hybridized carbons (Fsp3) is 0.500. The third kappa shape index (κ3) is 2.13. The molecule has 0 saturated carbocycles. The van der Waals surface area contributed by atoms with Crippen LogP contribution in [0.4, 0.5) is 0 Å². The van der Waals surface area contributed by atoms with Gasteiger partial charge in [0.2, 0.25) is 0 Å². The maximum atomic E-state index is 5.92. The van der Waals surface area contributed by atoms with Crippen LogP contribution >= 0.6 is 0 Å². The number of nitrogens with two attached hydrogens (primary N) is 1. The molecule has 4 nitrogen and oxygen atoms in total. The molecule has 0 radical (unpaired) electrons. The van der Waals surface area contributed by atoms with E-state index in [1.807, 2.05) is 32.2 Å². The van der Waals surface area contributed by atoms with Crippen molar-refractivity contribution in [2.45, 2.75) is 19.0 Å². The fourth-order valence-corrected chi connectivity index (χ4v) is 1.99. The maximum Gasteiger partial charge on any atom is 0.161 e. The summed E-state index contributed by atoms with van der Waals surface area (Å²) in [6.07, 6.45) is 0. The molecule has 1 heterocycles. The first-order valence-electron chi connectivity index (χ1n) is 5.54. The average molecular weight is 222 g/mol. The van der Waals surface area contributed by atoms with Crippen LogP contribution in [0.15, 0.2) is 18.2 Å². The summed E-state index contributed by atoms with van der Waals surface area (Å²) in [5, 5.41) is 3.20. The van der Waals surface area contributed by atoms with Gasteiger partial charge in [-0.1, -0.05) is 6.07 Å². The van der Waals surface area contributed by atoms with Gasteiger partial charge in [0.1, 0.15) is 13.2 Å². The zero-order valence-electron chi connectivity index (χ0n) is 9.69. The average Bonchev–Trinajstić information content (AvgIpc) is 2.29. The van der Waals surface area contributed by atoms with Crippen LogP contribution < -0.4 is 20.5 Å². The summed E-state index contributed by atoms with van der Waals surface area (Å²) in [5.74, 6) is 1.62. The highest BCUT2D eigenvalue weighted by atomic mass is 16.6. The van der Waals surface area contributed by atoms with Gasteiger partial charge in [0.15, 0.2) is 11.5 Å². The molecule has 0 bridgehead atoms. The first-order valence-corrected chi connectivity index (χ1v) is 5.54. The zero-order valence-corrected chi connectivity index (χ0v) is 9.69. The van der Waals surface area contributed by atoms with Crippen molar-refractivity contribution in [3.8, 4) is 11.5 Å². The molecular weight excluding hydrogens is 204 g/mol. The Morgan fingerprint density at radius 2 is 1.94 bits per heavy atom. The molecule has 0 aliphatic carbocycles. The minimum Gasteiger partial charge on any atom is -0.486 e. The molecule has 2 rings (SSSR count). The number of hydrogen-bond donors (Lipinski definition) is 2. The van der Waals surface area contributed by atoms with Gasteiger partial charge in [0, 0.05) is 12.1 Å². The minimum absolute atomic E-state index is 0.0487. The largest absolute Gasteiger partial charge is 0.486 e. The zero-order chi connectivity index (χ0) is 11.5. The summed E-state index contributed by atoms with van der Waals surface area (Å²) in [6.45, 7) is 3.21. The van der Waals surface area contributed by atoms with Crippen LogP contribution in [0, 0.1) is 0 Å². The van der Waals surface area contributed by atoms with Gasteiger partial charge in [0.05, 0.1) is 0 Å². The maximum absolute atomic E-state index is 5.92. The van der Waals surface area contributed by atoms with Crippen LogP contribution in [0.2, 0.25) is 0 Å². The standard InChI is InChI=1S/C12H18N2O2/c1-8(13)12(14-2)9-3-4-10-11(7-9)16-6-5-15-10/h3-4,7-8,12,14H,5-6,13H2,1-2H3. The van der Waals surface area contributed by atoms with Crippen molar-refractivity contribution in [1.29, 1.82) is 0 Å². The van der Waals surface area contributed by atoms with E-state index in [0.717, 1.165) is 17.1 Å². The third-order valence-electron chi connectivity index (χ3n) is 2.76. The summed E-state index contributed by atoms with van der Waals surface area (Å²) in [4.78, 5) is 0. The molecule has 1 aromatic carbocycles. The van der Waals surface area contributed by atoms with E-state index in [4.69, 9.17) is 15.2 Å². The Morgan fingerprint density at radius 1 is 1.25 bits per heavy atom. The first kappa shape index (κ1) is 11.2. The normalized spacial score (nSPS) is 17.9. The second-order valence-corrected chi connectivity index (χ2v) is 4.03. The molecule has 0 spiro atoms. The lowest BCUT2D eigenvalue weighted by Crippen LogP contribution is -2.33. The van der Waals surface area contributed by atoms with Crippen molar-refractivity contribution >= 4 is 0 Å². The van der Waals surface area contributed by atoms with E-state index in [1.54, 1.807) is 0 Å². The van der Waals surface area contributed by atoms with Gasteiger partial charge in [0.25, 0.3) is 0 Å². The number of benzene rings is 1. The van der Waals surface area contributed by atoms with Gasteiger partial charge in [-0.25, -0.2) is 0 Å². The SMILES string of the molecule is CNC(c1ccc2c(c1)OCCO2)C(C)N. The van der Waals surface area contributed by atoms with Crippen LogP contribution in [-0.4, -0.2) is 26.3 Å². The van der Waals surface area contributed by atoms with Crippen LogP contribution in [0.25, 0.3) is 0 Å². The molecule has 4 heteroatoms. The van der Waals surface area contributed by atoms with Crippen molar-refractivity contribution in [1.82, 2.24) is 5.32 Å². The second kappa shape index (κ2) is 4.72. The number of likely N-dealkylation sites (N-methyl/N-ethyl adjacent to an activating group) is 1.